The van der Waals surface area contributed by atoms with Crippen LogP contribution >= 0.6 is 0 Å². The van der Waals surface area contributed by atoms with E-state index in [0.29, 0.717) is 24.6 Å². The first-order chi connectivity index (χ1) is 10.8. The van der Waals surface area contributed by atoms with Crippen LogP contribution in [0, 0.1) is 0 Å². The normalized spacial score (nSPS) is 22.7. The van der Waals surface area contributed by atoms with E-state index in [1.807, 2.05) is 19.0 Å². The molecule has 0 spiro atoms. The minimum Gasteiger partial charge on any atom is -0.395 e. The lowest BCUT2D eigenvalue weighted by atomic mass is 10.1. The Kier molecular flexibility index (Phi) is 5.75. The Morgan fingerprint density at radius 1 is 1.13 bits per heavy atom. The first-order valence-electron chi connectivity index (χ1n) is 8.38. The molecular weight excluding hydrogens is 292 g/mol. The van der Waals surface area contributed by atoms with Gasteiger partial charge in [0.2, 0.25) is 11.9 Å². The van der Waals surface area contributed by atoms with Crippen LogP contribution in [0.2, 0.25) is 0 Å². The lowest BCUT2D eigenvalue weighted by Gasteiger charge is -2.44. The molecule has 2 heterocycles. The molecule has 0 saturated carbocycles. The van der Waals surface area contributed by atoms with Crippen molar-refractivity contribution < 1.29 is 5.11 Å². The number of piperazine rings is 1. The summed E-state index contributed by atoms with van der Waals surface area (Å²) >= 11 is 0. The van der Waals surface area contributed by atoms with Crippen LogP contribution in [0.15, 0.2) is 0 Å². The molecule has 1 N–H and O–H groups in total. The highest BCUT2D eigenvalue weighted by atomic mass is 16.3. The number of β-amino-alcohol motifs (C(OH)–C–C–N with tert-alkyl or cyclic N) is 1. The Morgan fingerprint density at radius 3 is 2.22 bits per heavy atom. The third kappa shape index (κ3) is 4.09. The Labute approximate surface area is 139 Å². The van der Waals surface area contributed by atoms with Crippen LogP contribution < -0.4 is 9.80 Å². The smallest absolute Gasteiger partial charge is 0.230 e. The van der Waals surface area contributed by atoms with Crippen molar-refractivity contribution in [3.63, 3.8) is 0 Å². The second-order valence-corrected chi connectivity index (χ2v) is 6.91. The summed E-state index contributed by atoms with van der Waals surface area (Å²) < 4.78 is 0. The van der Waals surface area contributed by atoms with Gasteiger partial charge in [0.05, 0.1) is 6.61 Å². The maximum Gasteiger partial charge on any atom is 0.230 e. The van der Waals surface area contributed by atoms with Gasteiger partial charge in [-0.15, -0.1) is 0 Å². The van der Waals surface area contributed by atoms with E-state index in [9.17, 15) is 5.11 Å². The molecule has 7 nitrogen and oxygen atoms in total. The lowest BCUT2D eigenvalue weighted by molar-refractivity contribution is 0.102. The second-order valence-electron chi connectivity index (χ2n) is 6.91. The van der Waals surface area contributed by atoms with Gasteiger partial charge in [-0.25, -0.2) is 0 Å². The summed E-state index contributed by atoms with van der Waals surface area (Å²) in [5.74, 6) is 2.56. The predicted octanol–water partition coefficient (Wildman–Crippen LogP) is 0.952. The van der Waals surface area contributed by atoms with Crippen molar-refractivity contribution in [2.45, 2.75) is 45.7 Å². The Balaban J connectivity index is 2.27. The fourth-order valence-corrected chi connectivity index (χ4v) is 3.05. The number of aromatic nitrogens is 3. The summed E-state index contributed by atoms with van der Waals surface area (Å²) in [4.78, 5) is 20.4. The second kappa shape index (κ2) is 7.40. The molecule has 0 radical (unpaired) electrons. The van der Waals surface area contributed by atoms with Gasteiger partial charge in [-0.2, -0.15) is 15.0 Å². The molecule has 7 heteroatoms. The summed E-state index contributed by atoms with van der Waals surface area (Å²) in [6, 6.07) is 0.709. The third-order valence-corrected chi connectivity index (χ3v) is 4.29. The molecule has 1 aliphatic rings. The number of nitrogens with zero attached hydrogens (tertiary/aromatic N) is 6. The first-order valence-corrected chi connectivity index (χ1v) is 8.38. The van der Waals surface area contributed by atoms with E-state index in [1.165, 1.54) is 0 Å². The van der Waals surface area contributed by atoms with E-state index in [4.69, 9.17) is 0 Å². The topological polar surface area (TPSA) is 68.6 Å². The lowest BCUT2D eigenvalue weighted by Crippen LogP contribution is -2.57. The molecular formula is C16H30N6O. The van der Waals surface area contributed by atoms with Crippen LogP contribution in [-0.2, 0) is 0 Å². The number of rotatable bonds is 5. The van der Waals surface area contributed by atoms with Gasteiger partial charge in [-0.1, -0.05) is 13.8 Å². The van der Waals surface area contributed by atoms with E-state index < -0.39 is 0 Å². The fraction of sp³-hybridized carbons (Fsp3) is 0.812. The van der Waals surface area contributed by atoms with Crippen LogP contribution in [0.3, 0.4) is 0 Å². The summed E-state index contributed by atoms with van der Waals surface area (Å²) in [5, 5.41) is 9.24. The van der Waals surface area contributed by atoms with Crippen LogP contribution in [0.1, 0.15) is 39.4 Å². The molecule has 1 aromatic rings. The van der Waals surface area contributed by atoms with Gasteiger partial charge in [0.1, 0.15) is 5.82 Å². The first kappa shape index (κ1) is 17.9. The predicted molar refractivity (Wildman–Crippen MR) is 93.2 cm³/mol. The number of hydrogen-bond donors (Lipinski definition) is 1. The molecule has 0 bridgehead atoms. The molecule has 1 fully saturated rings. The SMILES string of the molecule is CC(C)c1nc(N(C)C)nc(N2C[C@@H](C)N(CCO)[C@@H](C)C2)n1. The monoisotopic (exact) mass is 322 g/mol. The molecule has 0 unspecified atom stereocenters. The van der Waals surface area contributed by atoms with Gasteiger partial charge in [0.25, 0.3) is 0 Å². The number of aliphatic hydroxyl groups excluding tert-OH is 1. The zero-order chi connectivity index (χ0) is 17.1. The van der Waals surface area contributed by atoms with Gasteiger partial charge in [-0.3, -0.25) is 4.90 Å². The van der Waals surface area contributed by atoms with Crippen LogP contribution in [0.5, 0.6) is 0 Å². The van der Waals surface area contributed by atoms with Crippen molar-refractivity contribution in [2.24, 2.45) is 0 Å². The summed E-state index contributed by atoms with van der Waals surface area (Å²) in [7, 11) is 3.90. The summed E-state index contributed by atoms with van der Waals surface area (Å²) in [6.45, 7) is 11.2. The number of aliphatic hydroxyl groups is 1. The average molecular weight is 322 g/mol. The average Bonchev–Trinajstić information content (AvgIpc) is 2.50. The highest BCUT2D eigenvalue weighted by Crippen LogP contribution is 2.22. The molecule has 2 rings (SSSR count). The molecule has 2 atom stereocenters. The molecule has 130 valence electrons. The molecule has 1 aromatic heterocycles. The molecule has 23 heavy (non-hydrogen) atoms. The van der Waals surface area contributed by atoms with E-state index in [2.05, 4.69) is 52.4 Å². The van der Waals surface area contributed by atoms with Crippen LogP contribution in [0.25, 0.3) is 0 Å². The zero-order valence-electron chi connectivity index (χ0n) is 15.2. The van der Waals surface area contributed by atoms with Gasteiger partial charge in [-0.05, 0) is 13.8 Å². The van der Waals surface area contributed by atoms with Gasteiger partial charge < -0.3 is 14.9 Å². The Morgan fingerprint density at radius 2 is 1.74 bits per heavy atom. The third-order valence-electron chi connectivity index (χ3n) is 4.29. The van der Waals surface area contributed by atoms with E-state index in [0.717, 1.165) is 24.9 Å². The van der Waals surface area contributed by atoms with Crippen LogP contribution in [0.4, 0.5) is 11.9 Å². The van der Waals surface area contributed by atoms with Crippen molar-refractivity contribution in [1.29, 1.82) is 0 Å². The number of anilines is 2. The minimum atomic E-state index is 0.197. The van der Waals surface area contributed by atoms with E-state index in [1.54, 1.807) is 0 Å². The molecule has 0 aromatic carbocycles. The van der Waals surface area contributed by atoms with E-state index >= 15 is 0 Å². The molecule has 1 aliphatic heterocycles. The van der Waals surface area contributed by atoms with Gasteiger partial charge in [0, 0.05) is 51.7 Å². The van der Waals surface area contributed by atoms with Crippen LogP contribution in [-0.4, -0.2) is 77.4 Å². The molecule has 1 saturated heterocycles. The van der Waals surface area contributed by atoms with Gasteiger partial charge in [0.15, 0.2) is 0 Å². The summed E-state index contributed by atoms with van der Waals surface area (Å²) in [6.07, 6.45) is 0. The minimum absolute atomic E-state index is 0.197. The largest absolute Gasteiger partial charge is 0.395 e. The zero-order valence-corrected chi connectivity index (χ0v) is 15.2. The van der Waals surface area contributed by atoms with E-state index in [-0.39, 0.29) is 12.5 Å². The highest BCUT2D eigenvalue weighted by Gasteiger charge is 2.30. The highest BCUT2D eigenvalue weighted by molar-refractivity contribution is 5.39. The molecule has 0 amide bonds. The maximum absolute atomic E-state index is 9.24. The Hall–Kier alpha value is -1.47. The quantitative estimate of drug-likeness (QED) is 0.865. The van der Waals surface area contributed by atoms with Crippen molar-refractivity contribution >= 4 is 11.9 Å². The van der Waals surface area contributed by atoms with Crippen molar-refractivity contribution in [1.82, 2.24) is 19.9 Å². The standard InChI is InChI=1S/C16H30N6O/c1-11(2)14-17-15(20(5)6)19-16(18-14)21-9-12(3)22(7-8-23)13(4)10-21/h11-13,23H,7-10H2,1-6H3/t12-,13+. The van der Waals surface area contributed by atoms with Crippen molar-refractivity contribution in [2.75, 3.05) is 50.1 Å². The fourth-order valence-electron chi connectivity index (χ4n) is 3.05. The van der Waals surface area contributed by atoms with Gasteiger partial charge >= 0.3 is 0 Å². The maximum atomic E-state index is 9.24. The van der Waals surface area contributed by atoms with Crippen molar-refractivity contribution in [3.05, 3.63) is 5.82 Å². The molecule has 0 aliphatic carbocycles. The summed E-state index contributed by atoms with van der Waals surface area (Å²) in [5.41, 5.74) is 0. The van der Waals surface area contributed by atoms with Crippen molar-refractivity contribution in [3.8, 4) is 0 Å². The number of hydrogen-bond acceptors (Lipinski definition) is 7. The Bertz CT molecular complexity index is 483.